The molecule has 2 aliphatic rings. The van der Waals surface area contributed by atoms with Crippen LogP contribution in [0.25, 0.3) is 11.3 Å². The molecule has 3 heterocycles. The molecule has 1 atom stereocenters. The fraction of sp³-hybridized carbons (Fsp3) is 0.318. The summed E-state index contributed by atoms with van der Waals surface area (Å²) in [4.78, 5) is 4.69. The maximum Gasteiger partial charge on any atom is 0.247 e. The van der Waals surface area contributed by atoms with Crippen LogP contribution in [-0.2, 0) is 0 Å². The third-order valence-corrected chi connectivity index (χ3v) is 5.94. The van der Waals surface area contributed by atoms with E-state index in [2.05, 4.69) is 27.4 Å². The summed E-state index contributed by atoms with van der Waals surface area (Å²) in [5, 5.41) is 12.9. The summed E-state index contributed by atoms with van der Waals surface area (Å²) in [6.07, 6.45) is 3.07. The van der Waals surface area contributed by atoms with Gasteiger partial charge in [-0.1, -0.05) is 49.7 Å². The van der Waals surface area contributed by atoms with Crippen LogP contribution in [0.2, 0.25) is 0 Å². The van der Waals surface area contributed by atoms with Crippen LogP contribution in [0.15, 0.2) is 47.6 Å². The molecule has 0 amide bonds. The van der Waals surface area contributed by atoms with E-state index in [0.29, 0.717) is 22.5 Å². The van der Waals surface area contributed by atoms with E-state index in [4.69, 9.17) is 14.2 Å². The third kappa shape index (κ3) is 3.75. The van der Waals surface area contributed by atoms with Crippen molar-refractivity contribution in [1.82, 2.24) is 15.2 Å². The predicted molar refractivity (Wildman–Crippen MR) is 115 cm³/mol. The number of nitrogens with zero attached hydrogens (tertiary/aromatic N) is 3. The van der Waals surface area contributed by atoms with Gasteiger partial charge in [-0.25, -0.2) is 0 Å². The number of benzene rings is 2. The molecule has 0 saturated heterocycles. The summed E-state index contributed by atoms with van der Waals surface area (Å²) in [5.74, 6) is 2.89. The van der Waals surface area contributed by atoms with Crippen molar-refractivity contribution in [3.05, 3.63) is 48.0 Å². The first-order chi connectivity index (χ1) is 14.8. The van der Waals surface area contributed by atoms with Gasteiger partial charge in [0.05, 0.1) is 0 Å². The molecule has 30 heavy (non-hydrogen) atoms. The number of anilines is 1. The van der Waals surface area contributed by atoms with Crippen LogP contribution < -0.4 is 19.5 Å². The van der Waals surface area contributed by atoms with Gasteiger partial charge in [0, 0.05) is 22.6 Å². The summed E-state index contributed by atoms with van der Waals surface area (Å²) in [6.45, 7) is 2.43. The maximum atomic E-state index is 6.32. The van der Waals surface area contributed by atoms with E-state index in [0.717, 1.165) is 34.7 Å². The summed E-state index contributed by atoms with van der Waals surface area (Å²) >= 11 is 1.61. The first kappa shape index (κ1) is 19.0. The Morgan fingerprint density at radius 1 is 1.07 bits per heavy atom. The Labute approximate surface area is 179 Å². The number of ether oxygens (including phenoxy) is 3. The number of rotatable bonds is 6. The molecule has 0 saturated carbocycles. The number of para-hydroxylation sites is 1. The number of nitrogens with one attached hydrogen (secondary N) is 1. The van der Waals surface area contributed by atoms with Crippen LogP contribution in [0, 0.1) is 0 Å². The first-order valence-corrected chi connectivity index (χ1v) is 11.1. The van der Waals surface area contributed by atoms with Crippen molar-refractivity contribution in [2.75, 3.05) is 17.9 Å². The first-order valence-electron chi connectivity index (χ1n) is 10.1. The lowest BCUT2D eigenvalue weighted by Crippen LogP contribution is -2.17. The molecular formula is C22H22N4O3S. The van der Waals surface area contributed by atoms with Crippen molar-refractivity contribution in [2.24, 2.45) is 0 Å². The molecule has 1 N–H and O–H groups in total. The zero-order valence-electron chi connectivity index (χ0n) is 16.6. The average molecular weight is 423 g/mol. The van der Waals surface area contributed by atoms with Crippen molar-refractivity contribution >= 4 is 17.4 Å². The molecule has 8 heteroatoms. The van der Waals surface area contributed by atoms with E-state index >= 15 is 0 Å². The largest absolute Gasteiger partial charge is 0.454 e. The zero-order valence-corrected chi connectivity index (χ0v) is 17.4. The van der Waals surface area contributed by atoms with Gasteiger partial charge < -0.3 is 19.5 Å². The second-order valence-electron chi connectivity index (χ2n) is 7.10. The van der Waals surface area contributed by atoms with Crippen molar-refractivity contribution in [3.8, 4) is 28.6 Å². The highest BCUT2D eigenvalue weighted by Gasteiger charge is 2.27. The molecule has 0 spiro atoms. The standard InChI is InChI=1S/C22H22N4O3S/c1-2-3-6-11-30-22-24-21-19(25-26-22)15-7-4-5-8-16(15)23-20(29-21)14-9-10-17-18(12-14)28-13-27-17/h4-5,7-10,12,20,23H,2-3,6,11,13H2,1H3/t20-/m0/s1. The van der Waals surface area contributed by atoms with Gasteiger partial charge in [-0.15, -0.1) is 10.2 Å². The quantitative estimate of drug-likeness (QED) is 0.437. The van der Waals surface area contributed by atoms with E-state index in [-0.39, 0.29) is 6.79 Å². The van der Waals surface area contributed by atoms with Crippen LogP contribution in [0.1, 0.15) is 38.0 Å². The van der Waals surface area contributed by atoms with Gasteiger partial charge in [-0.2, -0.15) is 4.98 Å². The van der Waals surface area contributed by atoms with Gasteiger partial charge >= 0.3 is 0 Å². The number of hydrogen-bond acceptors (Lipinski definition) is 8. The Kier molecular flexibility index (Phi) is 5.31. The molecule has 7 nitrogen and oxygen atoms in total. The Balaban J connectivity index is 1.49. The van der Waals surface area contributed by atoms with Crippen molar-refractivity contribution in [3.63, 3.8) is 0 Å². The van der Waals surface area contributed by atoms with Crippen molar-refractivity contribution in [2.45, 2.75) is 37.6 Å². The van der Waals surface area contributed by atoms with Gasteiger partial charge in [-0.05, 0) is 30.7 Å². The van der Waals surface area contributed by atoms with Crippen LogP contribution in [-0.4, -0.2) is 27.7 Å². The van der Waals surface area contributed by atoms with Gasteiger partial charge in [0.25, 0.3) is 0 Å². The SMILES string of the molecule is CCCCCSc1nnc2c(n1)O[C@@H](c1ccc3c(c1)OCO3)Nc1ccccc1-2. The molecule has 0 aliphatic carbocycles. The highest BCUT2D eigenvalue weighted by molar-refractivity contribution is 7.99. The fourth-order valence-electron chi connectivity index (χ4n) is 3.45. The Morgan fingerprint density at radius 2 is 1.97 bits per heavy atom. The van der Waals surface area contributed by atoms with E-state index in [1.165, 1.54) is 12.8 Å². The summed E-state index contributed by atoms with van der Waals surface area (Å²) in [7, 11) is 0. The van der Waals surface area contributed by atoms with Crippen molar-refractivity contribution in [1.29, 1.82) is 0 Å². The number of thioether (sulfide) groups is 1. The molecule has 3 aromatic rings. The minimum Gasteiger partial charge on any atom is -0.454 e. The lowest BCUT2D eigenvalue weighted by atomic mass is 10.1. The number of hydrogen-bond donors (Lipinski definition) is 1. The lowest BCUT2D eigenvalue weighted by molar-refractivity contribution is 0.173. The fourth-order valence-corrected chi connectivity index (χ4v) is 4.23. The monoisotopic (exact) mass is 422 g/mol. The number of unbranched alkanes of at least 4 members (excludes halogenated alkanes) is 2. The predicted octanol–water partition coefficient (Wildman–Crippen LogP) is 5.05. The summed E-state index contributed by atoms with van der Waals surface area (Å²) < 4.78 is 17.3. The molecule has 0 fully saturated rings. The molecule has 2 aliphatic heterocycles. The minimum absolute atomic E-state index is 0.235. The number of aromatic nitrogens is 3. The molecule has 0 radical (unpaired) electrons. The van der Waals surface area contributed by atoms with Crippen LogP contribution >= 0.6 is 11.8 Å². The Bertz CT molecular complexity index is 1060. The zero-order chi connectivity index (χ0) is 20.3. The lowest BCUT2D eigenvalue weighted by Gasteiger charge is -2.19. The van der Waals surface area contributed by atoms with Crippen LogP contribution in [0.3, 0.4) is 0 Å². The van der Waals surface area contributed by atoms with Gasteiger partial charge in [-0.3, -0.25) is 0 Å². The van der Waals surface area contributed by atoms with E-state index in [1.54, 1.807) is 11.8 Å². The second-order valence-corrected chi connectivity index (χ2v) is 8.17. The summed E-state index contributed by atoms with van der Waals surface area (Å²) in [5.41, 5.74) is 3.38. The third-order valence-electron chi connectivity index (χ3n) is 5.01. The average Bonchev–Trinajstić information content (AvgIpc) is 3.18. The molecular weight excluding hydrogens is 400 g/mol. The molecule has 2 aromatic carbocycles. The highest BCUT2D eigenvalue weighted by atomic mass is 32.2. The highest BCUT2D eigenvalue weighted by Crippen LogP contribution is 2.41. The topological polar surface area (TPSA) is 78.4 Å². The van der Waals surface area contributed by atoms with Crippen LogP contribution in [0.4, 0.5) is 5.69 Å². The molecule has 0 bridgehead atoms. The smallest absolute Gasteiger partial charge is 0.247 e. The van der Waals surface area contributed by atoms with Gasteiger partial charge in [0.15, 0.2) is 23.4 Å². The summed E-state index contributed by atoms with van der Waals surface area (Å²) in [6, 6.07) is 13.7. The molecule has 5 rings (SSSR count). The molecule has 154 valence electrons. The molecule has 1 aromatic heterocycles. The normalized spacial score (nSPS) is 16.1. The van der Waals surface area contributed by atoms with Gasteiger partial charge in [0.1, 0.15) is 0 Å². The second kappa shape index (κ2) is 8.39. The van der Waals surface area contributed by atoms with E-state index < -0.39 is 6.23 Å². The van der Waals surface area contributed by atoms with Crippen molar-refractivity contribution < 1.29 is 14.2 Å². The Morgan fingerprint density at radius 3 is 2.90 bits per heavy atom. The molecule has 0 unspecified atom stereocenters. The number of fused-ring (bicyclic) bond motifs is 4. The minimum atomic E-state index is -0.448. The maximum absolute atomic E-state index is 6.32. The van der Waals surface area contributed by atoms with E-state index in [9.17, 15) is 0 Å². The van der Waals surface area contributed by atoms with Crippen LogP contribution in [0.5, 0.6) is 17.4 Å². The van der Waals surface area contributed by atoms with Gasteiger partial charge in [0.2, 0.25) is 17.8 Å². The van der Waals surface area contributed by atoms with E-state index in [1.807, 2.05) is 42.5 Å². The Hall–Kier alpha value is -3.00.